The highest BCUT2D eigenvalue weighted by molar-refractivity contribution is 5.92. The van der Waals surface area contributed by atoms with E-state index < -0.39 is 0 Å². The van der Waals surface area contributed by atoms with Crippen LogP contribution in [0.4, 0.5) is 17.1 Å². The molecule has 2 nitrogen and oxygen atoms in total. The van der Waals surface area contributed by atoms with E-state index in [2.05, 4.69) is 272 Å². The fraction of sp³-hybridized carbons (Fsp3) is 0. The summed E-state index contributed by atoms with van der Waals surface area (Å²) in [5.41, 5.74) is 21.8. The van der Waals surface area contributed by atoms with E-state index in [9.17, 15) is 0 Å². The van der Waals surface area contributed by atoms with Crippen molar-refractivity contribution in [3.8, 4) is 89.2 Å². The van der Waals surface area contributed by atoms with E-state index in [-0.39, 0.29) is 0 Å². The van der Waals surface area contributed by atoms with Gasteiger partial charge in [-0.2, -0.15) is 0 Å². The Hall–Kier alpha value is -9.24. The van der Waals surface area contributed by atoms with Crippen molar-refractivity contribution in [1.82, 2.24) is 0 Å². The molecule has 0 atom stereocenters. The molecule has 2 heteroatoms. The molecular weight excluding hydrogens is 847 g/mol. The number of furan rings is 1. The highest BCUT2D eigenvalue weighted by atomic mass is 16.3. The van der Waals surface area contributed by atoms with E-state index in [4.69, 9.17) is 4.42 Å². The fourth-order valence-corrected chi connectivity index (χ4v) is 9.72. The Bertz CT molecular complexity index is 3670. The van der Waals surface area contributed by atoms with Gasteiger partial charge in [0.05, 0.1) is 0 Å². The van der Waals surface area contributed by atoms with Gasteiger partial charge in [0.2, 0.25) is 0 Å². The van der Waals surface area contributed by atoms with Crippen LogP contribution in [-0.4, -0.2) is 0 Å². The van der Waals surface area contributed by atoms with Crippen LogP contribution >= 0.6 is 0 Å². The van der Waals surface area contributed by atoms with Crippen LogP contribution in [0.25, 0.3) is 100 Å². The molecule has 0 unspecified atom stereocenters. The highest BCUT2D eigenvalue weighted by Gasteiger charge is 2.17. The largest absolute Gasteiger partial charge is 0.456 e. The Kier molecular flexibility index (Phi) is 11.3. The van der Waals surface area contributed by atoms with Gasteiger partial charge in [-0.1, -0.05) is 231 Å². The molecule has 0 N–H and O–H groups in total. The van der Waals surface area contributed by atoms with Crippen LogP contribution in [0.1, 0.15) is 0 Å². The van der Waals surface area contributed by atoms with Gasteiger partial charge in [-0.05, 0) is 132 Å². The van der Waals surface area contributed by atoms with Crippen molar-refractivity contribution in [2.75, 3.05) is 4.90 Å². The van der Waals surface area contributed by atoms with Crippen LogP contribution in [0.5, 0.6) is 0 Å². The molecule has 0 saturated carbocycles. The number of hydrogen-bond acceptors (Lipinski definition) is 2. The first-order valence-electron chi connectivity index (χ1n) is 23.9. The summed E-state index contributed by atoms with van der Waals surface area (Å²) in [6, 6.07) is 102. The van der Waals surface area contributed by atoms with E-state index >= 15 is 0 Å². The smallest absolute Gasteiger partial charge is 0.135 e. The van der Waals surface area contributed by atoms with E-state index in [0.29, 0.717) is 0 Å². The fourth-order valence-electron chi connectivity index (χ4n) is 9.72. The molecule has 0 bridgehead atoms. The molecule has 330 valence electrons. The summed E-state index contributed by atoms with van der Waals surface area (Å²) in [4.78, 5) is 2.35. The van der Waals surface area contributed by atoms with Gasteiger partial charge in [0.15, 0.2) is 0 Å². The molecule has 70 heavy (non-hydrogen) atoms. The molecule has 0 spiro atoms. The number of rotatable bonds is 11. The van der Waals surface area contributed by atoms with Gasteiger partial charge in [-0.15, -0.1) is 0 Å². The molecular formula is C68H47NO. The summed E-state index contributed by atoms with van der Waals surface area (Å²) in [7, 11) is 0. The lowest BCUT2D eigenvalue weighted by molar-refractivity contribution is 0.631. The van der Waals surface area contributed by atoms with Crippen molar-refractivity contribution in [2.45, 2.75) is 0 Å². The molecule has 0 saturated heterocycles. The lowest BCUT2D eigenvalue weighted by Crippen LogP contribution is -2.09. The number of fused-ring (bicyclic) bond motifs is 1. The molecule has 12 aromatic rings. The topological polar surface area (TPSA) is 16.4 Å². The van der Waals surface area contributed by atoms with Crippen LogP contribution in [0.2, 0.25) is 0 Å². The summed E-state index contributed by atoms with van der Waals surface area (Å²) < 4.78 is 6.20. The zero-order valence-electron chi connectivity index (χ0n) is 38.5. The molecule has 12 rings (SSSR count). The van der Waals surface area contributed by atoms with Crippen LogP contribution < -0.4 is 4.90 Å². The lowest BCUT2D eigenvalue weighted by Gasteiger charge is -2.26. The molecule has 1 heterocycles. The quantitative estimate of drug-likeness (QED) is 0.129. The molecule has 0 fully saturated rings. The number of nitrogens with zero attached hydrogens (tertiary/aromatic N) is 1. The van der Waals surface area contributed by atoms with Gasteiger partial charge in [-0.25, -0.2) is 0 Å². The number of para-hydroxylation sites is 1. The van der Waals surface area contributed by atoms with Crippen LogP contribution in [0.15, 0.2) is 290 Å². The number of benzene rings is 11. The molecule has 0 aliphatic rings. The number of hydrogen-bond donors (Lipinski definition) is 0. The zero-order valence-corrected chi connectivity index (χ0v) is 38.5. The van der Waals surface area contributed by atoms with Crippen molar-refractivity contribution < 1.29 is 4.42 Å². The SMILES string of the molecule is c1ccc(-c2ccc(-c3ccc(N(c4ccc(-c5ccc(-c6cccc(-c7cc8ccccc8o7)c6)cc5)cc4)c4ccc(-c5ccccc5-c5ccccc5-c5ccccc5)cc4)cc3)cc2)cc1. The zero-order chi connectivity index (χ0) is 46.6. The van der Waals surface area contributed by atoms with E-state index in [1.54, 1.807) is 0 Å². The van der Waals surface area contributed by atoms with Crippen molar-refractivity contribution >= 4 is 28.0 Å². The maximum absolute atomic E-state index is 6.20. The Morgan fingerprint density at radius 2 is 0.543 bits per heavy atom. The molecule has 0 aliphatic heterocycles. The molecule has 1 aromatic heterocycles. The predicted molar refractivity (Wildman–Crippen MR) is 294 cm³/mol. The van der Waals surface area contributed by atoms with E-state index in [1.165, 1.54) is 50.1 Å². The second kappa shape index (κ2) is 18.8. The van der Waals surface area contributed by atoms with Crippen molar-refractivity contribution in [3.05, 3.63) is 285 Å². The van der Waals surface area contributed by atoms with Crippen molar-refractivity contribution in [3.63, 3.8) is 0 Å². The predicted octanol–water partition coefficient (Wildman–Crippen LogP) is 19.2. The molecule has 11 aromatic carbocycles. The minimum atomic E-state index is 0.875. The van der Waals surface area contributed by atoms with Gasteiger partial charge in [0.1, 0.15) is 11.3 Å². The first kappa shape index (κ1) is 42.1. The maximum atomic E-state index is 6.20. The minimum Gasteiger partial charge on any atom is -0.456 e. The maximum Gasteiger partial charge on any atom is 0.135 e. The van der Waals surface area contributed by atoms with Crippen molar-refractivity contribution in [2.24, 2.45) is 0 Å². The normalized spacial score (nSPS) is 11.1. The average molecular weight is 894 g/mol. The van der Waals surface area contributed by atoms with Gasteiger partial charge >= 0.3 is 0 Å². The third-order valence-electron chi connectivity index (χ3n) is 13.4. The van der Waals surface area contributed by atoms with E-state index in [1.807, 2.05) is 18.2 Å². The summed E-state index contributed by atoms with van der Waals surface area (Å²) >= 11 is 0. The third-order valence-corrected chi connectivity index (χ3v) is 13.4. The second-order valence-electron chi connectivity index (χ2n) is 17.7. The lowest BCUT2D eigenvalue weighted by atomic mass is 9.89. The Balaban J connectivity index is 0.857. The minimum absolute atomic E-state index is 0.875. The molecule has 0 radical (unpaired) electrons. The summed E-state index contributed by atoms with van der Waals surface area (Å²) in [5, 5.41) is 1.11. The first-order valence-corrected chi connectivity index (χ1v) is 23.9. The summed E-state index contributed by atoms with van der Waals surface area (Å²) in [6.45, 7) is 0. The average Bonchev–Trinajstić information content (AvgIpc) is 3.89. The highest BCUT2D eigenvalue weighted by Crippen LogP contribution is 2.42. The van der Waals surface area contributed by atoms with Gasteiger partial charge in [0, 0.05) is 28.0 Å². The Morgan fingerprint density at radius 1 is 0.214 bits per heavy atom. The van der Waals surface area contributed by atoms with E-state index in [0.717, 1.165) is 67.2 Å². The van der Waals surface area contributed by atoms with Crippen LogP contribution in [0.3, 0.4) is 0 Å². The van der Waals surface area contributed by atoms with Gasteiger partial charge < -0.3 is 9.32 Å². The monoisotopic (exact) mass is 893 g/mol. The molecule has 0 aliphatic carbocycles. The van der Waals surface area contributed by atoms with Gasteiger partial charge in [0.25, 0.3) is 0 Å². The molecule has 0 amide bonds. The summed E-state index contributed by atoms with van der Waals surface area (Å²) in [5.74, 6) is 0.875. The Morgan fingerprint density at radius 3 is 1.03 bits per heavy atom. The first-order chi connectivity index (χ1) is 34.7. The van der Waals surface area contributed by atoms with Crippen LogP contribution in [-0.2, 0) is 0 Å². The standard InChI is InChI=1S/C68H47NO/c1-3-14-48(15-4-1)49-26-28-50(29-27-49)52-34-40-60(41-35-52)69(62-44-38-56(39-45-62)64-22-9-11-24-66(64)65-23-10-8-21-63(65)55-16-5-2-6-17-55)61-42-36-53(37-43-61)51-30-32-54(33-31-51)57-19-13-20-58(46-57)68-47-59-18-7-12-25-67(59)70-68/h1-47H. The van der Waals surface area contributed by atoms with Gasteiger partial charge in [-0.3, -0.25) is 0 Å². The second-order valence-corrected chi connectivity index (χ2v) is 17.7. The van der Waals surface area contributed by atoms with Crippen molar-refractivity contribution in [1.29, 1.82) is 0 Å². The Labute approximate surface area is 409 Å². The number of anilines is 3. The summed E-state index contributed by atoms with van der Waals surface area (Å²) in [6.07, 6.45) is 0. The third kappa shape index (κ3) is 8.51. The van der Waals surface area contributed by atoms with Crippen LogP contribution in [0, 0.1) is 0 Å².